The molecular weight excluding hydrogens is 464 g/mol. The van der Waals surface area contributed by atoms with Crippen LogP contribution in [0.2, 0.25) is 0 Å². The fraction of sp³-hybridized carbons (Fsp3) is 0.286. The van der Waals surface area contributed by atoms with Gasteiger partial charge in [-0.05, 0) is 37.1 Å². The molecule has 184 valence electrons. The number of sulfone groups is 1. The van der Waals surface area contributed by atoms with E-state index in [9.17, 15) is 18.0 Å². The Hall–Kier alpha value is -3.45. The first-order chi connectivity index (χ1) is 16.7. The van der Waals surface area contributed by atoms with Crippen molar-refractivity contribution < 1.29 is 27.5 Å². The topological polar surface area (TPSA) is 86.7 Å². The van der Waals surface area contributed by atoms with Crippen LogP contribution in [0.3, 0.4) is 0 Å². The largest absolute Gasteiger partial charge is 0.461 e. The molecule has 0 spiro atoms. The number of hydrogen-bond donors (Lipinski definition) is 0. The second kappa shape index (κ2) is 11.8. The Balaban J connectivity index is 1.69. The molecule has 7 heteroatoms. The van der Waals surface area contributed by atoms with Crippen LogP contribution in [0.4, 0.5) is 0 Å². The van der Waals surface area contributed by atoms with E-state index in [-0.39, 0.29) is 25.4 Å². The first-order valence-corrected chi connectivity index (χ1v) is 13.0. The average molecular weight is 495 g/mol. The molecule has 3 aromatic rings. The number of benzene rings is 3. The lowest BCUT2D eigenvalue weighted by Crippen LogP contribution is -2.41. The fourth-order valence-corrected chi connectivity index (χ4v) is 5.00. The first-order valence-electron chi connectivity index (χ1n) is 11.4. The van der Waals surface area contributed by atoms with Crippen LogP contribution in [-0.4, -0.2) is 37.5 Å². The van der Waals surface area contributed by atoms with Crippen LogP contribution in [0, 0.1) is 0 Å². The summed E-state index contributed by atoms with van der Waals surface area (Å²) < 4.78 is 36.2. The third-order valence-corrected chi connectivity index (χ3v) is 8.39. The number of carbonyl (C=O) groups is 2. The van der Waals surface area contributed by atoms with Crippen molar-refractivity contribution in [3.05, 3.63) is 108 Å². The van der Waals surface area contributed by atoms with E-state index in [4.69, 9.17) is 9.47 Å². The number of esters is 2. The van der Waals surface area contributed by atoms with Crippen LogP contribution in [0.5, 0.6) is 0 Å². The number of hydrogen-bond acceptors (Lipinski definition) is 6. The maximum absolute atomic E-state index is 13.4. The Kier molecular flexibility index (Phi) is 8.82. The highest BCUT2D eigenvalue weighted by Gasteiger charge is 2.38. The van der Waals surface area contributed by atoms with Crippen molar-refractivity contribution in [2.75, 3.05) is 12.4 Å². The summed E-state index contributed by atoms with van der Waals surface area (Å²) in [6.45, 7) is 2.87. The summed E-state index contributed by atoms with van der Waals surface area (Å²) in [4.78, 5) is 24.9. The summed E-state index contributed by atoms with van der Waals surface area (Å²) in [5.74, 6) is -1.95. The molecule has 0 bridgehead atoms. The zero-order chi connectivity index (χ0) is 25.3. The van der Waals surface area contributed by atoms with Gasteiger partial charge < -0.3 is 9.47 Å². The minimum Gasteiger partial charge on any atom is -0.461 e. The standard InChI is InChI=1S/C28H30O6S/c1-28(2,21-34-27(30)24-16-10-5-11-17-24)35(31,32)20-25(23-14-8-4-9-15-23)18-26(29)33-19-22-12-6-3-7-13-22/h3-17,25H,18-21H2,1-2H3. The average Bonchev–Trinajstić information content (AvgIpc) is 2.87. The Morgan fingerprint density at radius 3 is 1.94 bits per heavy atom. The van der Waals surface area contributed by atoms with E-state index in [1.165, 1.54) is 13.8 Å². The summed E-state index contributed by atoms with van der Waals surface area (Å²) >= 11 is 0. The second-order valence-corrected chi connectivity index (χ2v) is 11.6. The Labute approximate surface area is 206 Å². The molecule has 0 amide bonds. The van der Waals surface area contributed by atoms with Crippen molar-refractivity contribution in [1.82, 2.24) is 0 Å². The van der Waals surface area contributed by atoms with Gasteiger partial charge in [0.1, 0.15) is 18.0 Å². The van der Waals surface area contributed by atoms with Gasteiger partial charge in [0.05, 0.1) is 17.7 Å². The second-order valence-electron chi connectivity index (χ2n) is 8.94. The van der Waals surface area contributed by atoms with Crippen LogP contribution in [0.1, 0.15) is 47.7 Å². The van der Waals surface area contributed by atoms with E-state index in [0.29, 0.717) is 5.56 Å². The molecule has 0 saturated carbocycles. The lowest BCUT2D eigenvalue weighted by Gasteiger charge is -2.27. The van der Waals surface area contributed by atoms with Gasteiger partial charge in [-0.3, -0.25) is 4.79 Å². The maximum atomic E-state index is 13.4. The van der Waals surface area contributed by atoms with E-state index in [1.54, 1.807) is 54.6 Å². The molecule has 0 saturated heterocycles. The minimum atomic E-state index is -3.78. The summed E-state index contributed by atoms with van der Waals surface area (Å²) in [6.07, 6.45) is -0.0873. The van der Waals surface area contributed by atoms with Crippen LogP contribution < -0.4 is 0 Å². The van der Waals surface area contributed by atoms with Crippen LogP contribution >= 0.6 is 0 Å². The van der Waals surface area contributed by atoms with Gasteiger partial charge in [0.15, 0.2) is 9.84 Å². The number of rotatable bonds is 11. The van der Waals surface area contributed by atoms with Crippen LogP contribution in [-0.2, 0) is 30.7 Å². The predicted molar refractivity (Wildman–Crippen MR) is 135 cm³/mol. The van der Waals surface area contributed by atoms with Gasteiger partial charge in [0.25, 0.3) is 0 Å². The molecule has 0 N–H and O–H groups in total. The van der Waals surface area contributed by atoms with Gasteiger partial charge >= 0.3 is 11.9 Å². The monoisotopic (exact) mass is 494 g/mol. The van der Waals surface area contributed by atoms with Crippen molar-refractivity contribution in [1.29, 1.82) is 0 Å². The molecule has 1 atom stereocenters. The van der Waals surface area contributed by atoms with Crippen LogP contribution in [0.25, 0.3) is 0 Å². The van der Waals surface area contributed by atoms with E-state index in [0.717, 1.165) is 11.1 Å². The Bertz CT molecular complexity index is 1210. The highest BCUT2D eigenvalue weighted by Crippen LogP contribution is 2.28. The Morgan fingerprint density at radius 2 is 1.34 bits per heavy atom. The highest BCUT2D eigenvalue weighted by atomic mass is 32.2. The van der Waals surface area contributed by atoms with E-state index in [2.05, 4.69) is 0 Å². The SMILES string of the molecule is CC(C)(COC(=O)c1ccccc1)S(=O)(=O)CC(CC(=O)OCc1ccccc1)c1ccccc1. The van der Waals surface area contributed by atoms with E-state index < -0.39 is 32.4 Å². The quantitative estimate of drug-likeness (QED) is 0.351. The van der Waals surface area contributed by atoms with Gasteiger partial charge in [0, 0.05) is 5.92 Å². The normalized spacial score (nSPS) is 12.5. The zero-order valence-electron chi connectivity index (χ0n) is 19.9. The van der Waals surface area contributed by atoms with Crippen LogP contribution in [0.15, 0.2) is 91.0 Å². The molecule has 0 aliphatic carbocycles. The first kappa shape index (κ1) is 26.2. The molecule has 35 heavy (non-hydrogen) atoms. The van der Waals surface area contributed by atoms with Gasteiger partial charge in [-0.25, -0.2) is 13.2 Å². The van der Waals surface area contributed by atoms with Crippen molar-refractivity contribution >= 4 is 21.8 Å². The third-order valence-electron chi connectivity index (χ3n) is 5.75. The lowest BCUT2D eigenvalue weighted by atomic mass is 9.98. The molecule has 0 aromatic heterocycles. The molecule has 0 aliphatic heterocycles. The zero-order valence-corrected chi connectivity index (χ0v) is 20.7. The molecule has 0 aliphatic rings. The minimum absolute atomic E-state index is 0.0873. The summed E-state index contributed by atoms with van der Waals surface area (Å²) in [5, 5.41) is 0. The molecule has 1 unspecified atom stereocenters. The van der Waals surface area contributed by atoms with Gasteiger partial charge in [-0.2, -0.15) is 0 Å². The fourth-order valence-electron chi connectivity index (χ4n) is 3.47. The van der Waals surface area contributed by atoms with E-state index in [1.807, 2.05) is 36.4 Å². The molecule has 0 radical (unpaired) electrons. The van der Waals surface area contributed by atoms with Crippen molar-refractivity contribution in [3.63, 3.8) is 0 Å². The molecule has 3 aromatic carbocycles. The maximum Gasteiger partial charge on any atom is 0.338 e. The smallest absolute Gasteiger partial charge is 0.338 e. The van der Waals surface area contributed by atoms with Crippen molar-refractivity contribution in [3.8, 4) is 0 Å². The van der Waals surface area contributed by atoms with E-state index >= 15 is 0 Å². The predicted octanol–water partition coefficient (Wildman–Crippen LogP) is 4.95. The molecule has 0 heterocycles. The lowest BCUT2D eigenvalue weighted by molar-refractivity contribution is -0.145. The molecule has 3 rings (SSSR count). The van der Waals surface area contributed by atoms with Gasteiger partial charge in [0.2, 0.25) is 0 Å². The number of ether oxygens (including phenoxy) is 2. The molecule has 0 fully saturated rings. The summed E-state index contributed by atoms with van der Waals surface area (Å²) in [6, 6.07) is 26.7. The Morgan fingerprint density at radius 1 is 0.800 bits per heavy atom. The molecular formula is C28H30O6S. The number of carbonyl (C=O) groups excluding carboxylic acids is 2. The third kappa shape index (κ3) is 7.52. The van der Waals surface area contributed by atoms with Gasteiger partial charge in [-0.1, -0.05) is 78.9 Å². The van der Waals surface area contributed by atoms with Crippen molar-refractivity contribution in [2.24, 2.45) is 0 Å². The highest BCUT2D eigenvalue weighted by molar-refractivity contribution is 7.92. The summed E-state index contributed by atoms with van der Waals surface area (Å²) in [7, 11) is -3.78. The van der Waals surface area contributed by atoms with Gasteiger partial charge in [-0.15, -0.1) is 0 Å². The van der Waals surface area contributed by atoms with Crippen molar-refractivity contribution in [2.45, 2.75) is 37.5 Å². The molecule has 6 nitrogen and oxygen atoms in total. The summed E-state index contributed by atoms with van der Waals surface area (Å²) in [5.41, 5.74) is 1.93.